The Morgan fingerprint density at radius 3 is 2.94 bits per heavy atom. The average Bonchev–Trinajstić information content (AvgIpc) is 2.60. The first-order valence-electron chi connectivity index (χ1n) is 5.49. The molecule has 1 aromatic heterocycles. The van der Waals surface area contributed by atoms with E-state index in [1.54, 1.807) is 4.68 Å². The summed E-state index contributed by atoms with van der Waals surface area (Å²) in [6.07, 6.45) is 1.98. The van der Waals surface area contributed by atoms with Crippen LogP contribution in [0.1, 0.15) is 30.1 Å². The molecule has 0 atom stereocenters. The van der Waals surface area contributed by atoms with Crippen LogP contribution in [0.25, 0.3) is 0 Å². The fourth-order valence-electron chi connectivity index (χ4n) is 2.16. The Morgan fingerprint density at radius 1 is 1.62 bits per heavy atom. The first-order valence-corrected chi connectivity index (χ1v) is 5.49. The smallest absolute Gasteiger partial charge is 0.309 e. The minimum Gasteiger partial charge on any atom is -0.481 e. The zero-order chi connectivity index (χ0) is 11.5. The van der Waals surface area contributed by atoms with Gasteiger partial charge in [0.2, 0.25) is 0 Å². The van der Waals surface area contributed by atoms with Gasteiger partial charge in [0.25, 0.3) is 0 Å². The number of nitrogens with zero attached hydrogens (tertiary/aromatic N) is 2. The number of rotatable bonds is 3. The third kappa shape index (κ3) is 2.41. The van der Waals surface area contributed by atoms with Crippen LogP contribution in [0.3, 0.4) is 0 Å². The molecule has 88 valence electrons. The van der Waals surface area contributed by atoms with E-state index < -0.39 is 5.97 Å². The summed E-state index contributed by atoms with van der Waals surface area (Å²) in [7, 11) is 1.87. The van der Waals surface area contributed by atoms with Gasteiger partial charge in [-0.3, -0.25) is 9.48 Å². The van der Waals surface area contributed by atoms with Crippen LogP contribution in [0, 0.1) is 0 Å². The molecule has 0 bridgehead atoms. The number of hydrogen-bond acceptors (Lipinski definition) is 3. The molecular weight excluding hydrogens is 208 g/mol. The Bertz CT molecular complexity index is 381. The van der Waals surface area contributed by atoms with Crippen molar-refractivity contribution in [3.8, 4) is 0 Å². The minimum atomic E-state index is -0.836. The predicted molar refractivity (Wildman–Crippen MR) is 57.3 cm³/mol. The molecule has 1 aliphatic heterocycles. The van der Waals surface area contributed by atoms with E-state index in [2.05, 4.69) is 5.10 Å². The molecule has 16 heavy (non-hydrogen) atoms. The van der Waals surface area contributed by atoms with Crippen molar-refractivity contribution >= 4 is 5.97 Å². The van der Waals surface area contributed by atoms with Crippen molar-refractivity contribution in [2.24, 2.45) is 7.05 Å². The maximum atomic E-state index is 10.6. The summed E-state index contributed by atoms with van der Waals surface area (Å²) in [5.41, 5.74) is 1.76. The van der Waals surface area contributed by atoms with Gasteiger partial charge in [0, 0.05) is 31.9 Å². The van der Waals surface area contributed by atoms with Crippen LogP contribution >= 0.6 is 0 Å². The second-order valence-corrected chi connectivity index (χ2v) is 4.14. The summed E-state index contributed by atoms with van der Waals surface area (Å²) in [5.74, 6) is -0.384. The first-order chi connectivity index (χ1) is 7.66. The normalized spacial score (nSPS) is 17.6. The van der Waals surface area contributed by atoms with E-state index in [4.69, 9.17) is 9.84 Å². The third-order valence-corrected chi connectivity index (χ3v) is 2.94. The number of hydrogen-bond donors (Lipinski definition) is 1. The third-order valence-electron chi connectivity index (χ3n) is 2.94. The molecule has 0 unspecified atom stereocenters. The van der Waals surface area contributed by atoms with E-state index in [0.29, 0.717) is 11.6 Å². The zero-order valence-corrected chi connectivity index (χ0v) is 9.35. The van der Waals surface area contributed by atoms with Crippen molar-refractivity contribution in [3.05, 3.63) is 17.5 Å². The van der Waals surface area contributed by atoms with E-state index in [1.165, 1.54) is 0 Å². The summed E-state index contributed by atoms with van der Waals surface area (Å²) in [6.45, 7) is 1.56. The molecule has 1 fully saturated rings. The standard InChI is InChI=1S/C11H16N2O3/c1-13-10(8-2-4-16-5-3-8)6-9(12-13)7-11(14)15/h6,8H,2-5,7H2,1H3,(H,14,15). The molecule has 1 aliphatic rings. The Kier molecular flexibility index (Phi) is 3.24. The SMILES string of the molecule is Cn1nc(CC(=O)O)cc1C1CCOCC1. The quantitative estimate of drug-likeness (QED) is 0.830. The number of aryl methyl sites for hydroxylation is 1. The van der Waals surface area contributed by atoms with E-state index >= 15 is 0 Å². The van der Waals surface area contributed by atoms with Crippen molar-refractivity contribution in [1.82, 2.24) is 9.78 Å². The monoisotopic (exact) mass is 224 g/mol. The highest BCUT2D eigenvalue weighted by Crippen LogP contribution is 2.26. The lowest BCUT2D eigenvalue weighted by Gasteiger charge is -2.21. The van der Waals surface area contributed by atoms with E-state index in [-0.39, 0.29) is 6.42 Å². The van der Waals surface area contributed by atoms with Crippen LogP contribution in [-0.4, -0.2) is 34.1 Å². The van der Waals surface area contributed by atoms with Gasteiger partial charge in [-0.25, -0.2) is 0 Å². The van der Waals surface area contributed by atoms with Crippen molar-refractivity contribution in [2.45, 2.75) is 25.2 Å². The van der Waals surface area contributed by atoms with Crippen LogP contribution in [0.5, 0.6) is 0 Å². The van der Waals surface area contributed by atoms with Crippen molar-refractivity contribution in [1.29, 1.82) is 0 Å². The Hall–Kier alpha value is -1.36. The highest BCUT2D eigenvalue weighted by molar-refractivity contribution is 5.69. The molecule has 5 heteroatoms. The van der Waals surface area contributed by atoms with Crippen LogP contribution in [0.4, 0.5) is 0 Å². The Morgan fingerprint density at radius 2 is 2.31 bits per heavy atom. The molecule has 0 saturated carbocycles. The summed E-state index contributed by atoms with van der Waals surface area (Å²) in [4.78, 5) is 10.6. The number of ether oxygens (including phenoxy) is 1. The van der Waals surface area contributed by atoms with E-state index in [9.17, 15) is 4.79 Å². The molecule has 0 radical (unpaired) electrons. The predicted octanol–water partition coefficient (Wildman–Crippen LogP) is 0.941. The molecule has 0 amide bonds. The van der Waals surface area contributed by atoms with Crippen molar-refractivity contribution < 1.29 is 14.6 Å². The van der Waals surface area contributed by atoms with Crippen LogP contribution in [-0.2, 0) is 23.0 Å². The number of carboxylic acids is 1. The molecule has 1 aromatic rings. The number of carbonyl (C=O) groups is 1. The summed E-state index contributed by atoms with van der Waals surface area (Å²) >= 11 is 0. The lowest BCUT2D eigenvalue weighted by atomic mass is 9.96. The minimum absolute atomic E-state index is 0.00292. The van der Waals surface area contributed by atoms with Gasteiger partial charge >= 0.3 is 5.97 Å². The van der Waals surface area contributed by atoms with Crippen LogP contribution < -0.4 is 0 Å². The van der Waals surface area contributed by atoms with Gasteiger partial charge in [-0.05, 0) is 18.9 Å². The average molecular weight is 224 g/mol. The molecule has 1 N–H and O–H groups in total. The first kappa shape index (κ1) is 11.1. The van der Waals surface area contributed by atoms with Gasteiger partial charge in [-0.2, -0.15) is 5.10 Å². The topological polar surface area (TPSA) is 64.4 Å². The van der Waals surface area contributed by atoms with Gasteiger partial charge in [-0.15, -0.1) is 0 Å². The number of aliphatic carboxylic acids is 1. The van der Waals surface area contributed by atoms with E-state index in [0.717, 1.165) is 31.7 Å². The summed E-state index contributed by atoms with van der Waals surface area (Å²) < 4.78 is 7.11. The maximum absolute atomic E-state index is 10.6. The van der Waals surface area contributed by atoms with Crippen LogP contribution in [0.15, 0.2) is 6.07 Å². The van der Waals surface area contributed by atoms with Gasteiger partial charge in [0.1, 0.15) is 0 Å². The highest BCUT2D eigenvalue weighted by Gasteiger charge is 2.20. The largest absolute Gasteiger partial charge is 0.481 e. The van der Waals surface area contributed by atoms with Gasteiger partial charge in [-0.1, -0.05) is 0 Å². The molecule has 2 rings (SSSR count). The molecule has 0 aromatic carbocycles. The van der Waals surface area contributed by atoms with Crippen molar-refractivity contribution in [3.63, 3.8) is 0 Å². The molecule has 5 nitrogen and oxygen atoms in total. The molecular formula is C11H16N2O3. The Balaban J connectivity index is 2.13. The fraction of sp³-hybridized carbons (Fsp3) is 0.636. The number of aromatic nitrogens is 2. The van der Waals surface area contributed by atoms with Gasteiger partial charge in [0.05, 0.1) is 12.1 Å². The second kappa shape index (κ2) is 4.65. The van der Waals surface area contributed by atoms with Gasteiger partial charge in [0.15, 0.2) is 0 Å². The molecule has 2 heterocycles. The molecule has 0 aliphatic carbocycles. The lowest BCUT2D eigenvalue weighted by Crippen LogP contribution is -2.16. The van der Waals surface area contributed by atoms with Crippen LogP contribution in [0.2, 0.25) is 0 Å². The second-order valence-electron chi connectivity index (χ2n) is 4.14. The van der Waals surface area contributed by atoms with Crippen molar-refractivity contribution in [2.75, 3.05) is 13.2 Å². The van der Waals surface area contributed by atoms with Gasteiger partial charge < -0.3 is 9.84 Å². The Labute approximate surface area is 94.0 Å². The summed E-state index contributed by atoms with van der Waals surface area (Å²) in [6, 6.07) is 1.91. The fourth-order valence-corrected chi connectivity index (χ4v) is 2.16. The summed E-state index contributed by atoms with van der Waals surface area (Å²) in [5, 5.41) is 12.9. The van der Waals surface area contributed by atoms with E-state index in [1.807, 2.05) is 13.1 Å². The molecule has 1 saturated heterocycles. The number of carboxylic acid groups (broad SMARTS) is 1. The zero-order valence-electron chi connectivity index (χ0n) is 9.35. The molecule has 0 spiro atoms. The maximum Gasteiger partial charge on any atom is 0.309 e. The highest BCUT2D eigenvalue weighted by atomic mass is 16.5. The lowest BCUT2D eigenvalue weighted by molar-refractivity contribution is -0.136.